The fourth-order valence-electron chi connectivity index (χ4n) is 4.17. The van der Waals surface area contributed by atoms with Gasteiger partial charge in [-0.15, -0.1) is 0 Å². The van der Waals surface area contributed by atoms with Gasteiger partial charge in [-0.2, -0.15) is 18.4 Å². The van der Waals surface area contributed by atoms with Gasteiger partial charge in [0.05, 0.1) is 53.7 Å². The molecule has 0 aliphatic heterocycles. The van der Waals surface area contributed by atoms with Crippen molar-refractivity contribution >= 4 is 52.1 Å². The van der Waals surface area contributed by atoms with Gasteiger partial charge in [-0.05, 0) is 42.0 Å². The summed E-state index contributed by atoms with van der Waals surface area (Å²) < 4.78 is 57.5. The van der Waals surface area contributed by atoms with Crippen LogP contribution >= 0.6 is 0 Å². The number of benzene rings is 3. The monoisotopic (exact) mass is 611 g/mol. The number of aromatic carboxylic acids is 1. The van der Waals surface area contributed by atoms with E-state index in [4.69, 9.17) is 9.78 Å². The van der Waals surface area contributed by atoms with E-state index in [1.165, 1.54) is 25.2 Å². The molecular weight excluding hydrogens is 591 g/mol. The lowest BCUT2D eigenvalue weighted by molar-refractivity contribution is -0.137. The Morgan fingerprint density at radius 3 is 2.32 bits per heavy atom. The molecule has 16 heteroatoms. The molecule has 1 aromatic heterocycles. The number of carbonyl (C=O) groups excluding carboxylic acids is 3. The van der Waals surface area contributed by atoms with E-state index in [0.717, 1.165) is 43.4 Å². The quantitative estimate of drug-likeness (QED) is 0.244. The number of alkyl halides is 3. The Morgan fingerprint density at radius 2 is 1.70 bits per heavy atom. The number of carboxylic acids is 1. The summed E-state index contributed by atoms with van der Waals surface area (Å²) in [5, 5.41) is 26.9. The largest absolute Gasteiger partial charge is 0.478 e. The molecule has 44 heavy (non-hydrogen) atoms. The molecule has 0 aliphatic rings. The molecule has 226 valence electrons. The highest BCUT2D eigenvalue weighted by molar-refractivity contribution is 6.14. The van der Waals surface area contributed by atoms with Crippen LogP contribution in [-0.2, 0) is 15.7 Å². The number of carboxylic acid groups (broad SMARTS) is 1. The second kappa shape index (κ2) is 12.0. The molecule has 0 saturated heterocycles. The molecule has 4 aromatic rings. The fraction of sp³-hybridized carbons (Fsp3) is 0.143. The number of amides is 3. The number of fused-ring (bicyclic) bond motifs is 1. The molecule has 4 rings (SSSR count). The van der Waals surface area contributed by atoms with E-state index in [9.17, 15) is 37.5 Å². The molecule has 0 radical (unpaired) electrons. The molecule has 1 heterocycles. The van der Waals surface area contributed by atoms with Gasteiger partial charge in [0.15, 0.2) is 11.3 Å². The normalized spacial score (nSPS) is 10.9. The van der Waals surface area contributed by atoms with Gasteiger partial charge < -0.3 is 24.4 Å². The average Bonchev–Trinajstić information content (AvgIpc) is 3.42. The molecule has 0 saturated carbocycles. The molecule has 0 bridgehead atoms. The summed E-state index contributed by atoms with van der Waals surface area (Å²) in [6, 6.07) is 10.5. The summed E-state index contributed by atoms with van der Waals surface area (Å²) in [5.74, 6) is -2.43. The Labute approximate surface area is 245 Å². The highest BCUT2D eigenvalue weighted by atomic mass is 19.4. The van der Waals surface area contributed by atoms with Gasteiger partial charge in [-0.1, -0.05) is 11.2 Å². The third kappa shape index (κ3) is 6.06. The smallest absolute Gasteiger partial charge is 0.417 e. The zero-order chi connectivity index (χ0) is 32.3. The van der Waals surface area contributed by atoms with Crippen molar-refractivity contribution in [3.8, 4) is 17.2 Å². The van der Waals surface area contributed by atoms with E-state index in [-0.39, 0.29) is 39.2 Å². The number of hydrogen-bond acceptors (Lipinski definition) is 9. The molecule has 0 aliphatic carbocycles. The third-order valence-electron chi connectivity index (χ3n) is 6.31. The summed E-state index contributed by atoms with van der Waals surface area (Å²) in [7, 11) is 3.31. The number of halogens is 3. The van der Waals surface area contributed by atoms with Crippen LogP contribution in [0, 0.1) is 11.3 Å². The number of anilines is 3. The van der Waals surface area contributed by atoms with Crippen LogP contribution < -0.4 is 15.5 Å². The van der Waals surface area contributed by atoms with Crippen LogP contribution in [0.4, 0.5) is 39.8 Å². The van der Waals surface area contributed by atoms with Crippen LogP contribution in [0.1, 0.15) is 32.0 Å². The van der Waals surface area contributed by atoms with Crippen LogP contribution in [0.2, 0.25) is 0 Å². The molecule has 3 aromatic carbocycles. The second-order valence-corrected chi connectivity index (χ2v) is 8.93. The number of carbonyl (C=O) groups is 4. The van der Waals surface area contributed by atoms with E-state index in [2.05, 4.69) is 25.3 Å². The molecular formula is C28H20F3N5O8. The number of nitrogens with zero attached hydrogens (tertiary/aromatic N) is 3. The topological polar surface area (TPSA) is 184 Å². The number of ether oxygens (including phenoxy) is 2. The highest BCUT2D eigenvalue weighted by Gasteiger charge is 2.36. The molecule has 3 N–H and O–H groups in total. The van der Waals surface area contributed by atoms with E-state index in [1.807, 2.05) is 0 Å². The maximum atomic E-state index is 14.4. The first-order valence-electron chi connectivity index (χ1n) is 12.2. The van der Waals surface area contributed by atoms with Crippen LogP contribution in [0.3, 0.4) is 0 Å². The Bertz CT molecular complexity index is 1860. The first kappa shape index (κ1) is 30.8. The molecule has 0 spiro atoms. The maximum absolute atomic E-state index is 14.4. The zero-order valence-corrected chi connectivity index (χ0v) is 22.9. The minimum atomic E-state index is -4.96. The van der Waals surface area contributed by atoms with E-state index in [1.54, 1.807) is 6.07 Å². The van der Waals surface area contributed by atoms with Crippen molar-refractivity contribution < 1.29 is 51.5 Å². The summed E-state index contributed by atoms with van der Waals surface area (Å²) in [6.45, 7) is 0. The predicted octanol–water partition coefficient (Wildman–Crippen LogP) is 5.72. The molecule has 0 fully saturated rings. The maximum Gasteiger partial charge on any atom is 0.417 e. The number of rotatable bonds is 6. The van der Waals surface area contributed by atoms with E-state index < -0.39 is 52.6 Å². The minimum absolute atomic E-state index is 0.0202. The number of nitrogens with one attached hydrogen (secondary N) is 2. The van der Waals surface area contributed by atoms with Crippen molar-refractivity contribution in [1.29, 1.82) is 5.26 Å². The van der Waals surface area contributed by atoms with Crippen LogP contribution in [0.15, 0.2) is 53.1 Å². The van der Waals surface area contributed by atoms with Gasteiger partial charge in [0.1, 0.15) is 0 Å². The van der Waals surface area contributed by atoms with Crippen molar-refractivity contribution in [3.63, 3.8) is 0 Å². The molecule has 13 nitrogen and oxygen atoms in total. The fourth-order valence-corrected chi connectivity index (χ4v) is 4.17. The first-order valence-corrected chi connectivity index (χ1v) is 12.2. The van der Waals surface area contributed by atoms with E-state index in [0.29, 0.717) is 6.07 Å². The van der Waals surface area contributed by atoms with Crippen molar-refractivity contribution in [2.24, 2.45) is 0 Å². The lowest BCUT2D eigenvalue weighted by Gasteiger charge is -2.21. The summed E-state index contributed by atoms with van der Waals surface area (Å²) in [4.78, 5) is 49.8. The first-order chi connectivity index (χ1) is 20.8. The summed E-state index contributed by atoms with van der Waals surface area (Å²) in [5.41, 5.74) is -3.37. The molecule has 3 amide bonds. The van der Waals surface area contributed by atoms with Gasteiger partial charge in [-0.25, -0.2) is 14.4 Å². The Balaban J connectivity index is 1.89. The number of hydrogen-bond donors (Lipinski definition) is 3. The highest BCUT2D eigenvalue weighted by Crippen LogP contribution is 2.43. The molecule has 0 unspecified atom stereocenters. The van der Waals surface area contributed by atoms with Gasteiger partial charge in [0, 0.05) is 24.4 Å². The van der Waals surface area contributed by atoms with Crippen LogP contribution in [0.5, 0.6) is 0 Å². The lowest BCUT2D eigenvalue weighted by Crippen LogP contribution is -2.26. The van der Waals surface area contributed by atoms with Gasteiger partial charge in [-0.3, -0.25) is 15.0 Å². The summed E-state index contributed by atoms with van der Waals surface area (Å²) >= 11 is 0. The summed E-state index contributed by atoms with van der Waals surface area (Å²) in [6.07, 6.45) is -6.91. The zero-order valence-electron chi connectivity index (χ0n) is 22.9. The standard InChI is InChI=1S/C28H20F3N5O8/c1-36(27(41)43-3)14-5-6-15(19(9-14)28(29,30)31)16-10-18-22(11-21(16)34-26(40)42-2)44-35-23(18)24(37)33-20-7-4-13(12-32)8-17(20)25(38)39/h4-11H,1-3H3,(H,33,37)(H,34,40)(H,38,39). The number of nitriles is 1. The Morgan fingerprint density at radius 1 is 0.977 bits per heavy atom. The minimum Gasteiger partial charge on any atom is -0.478 e. The second-order valence-electron chi connectivity index (χ2n) is 8.93. The van der Waals surface area contributed by atoms with E-state index >= 15 is 0 Å². The van der Waals surface area contributed by atoms with Gasteiger partial charge in [0.2, 0.25) is 0 Å². The van der Waals surface area contributed by atoms with Crippen LogP contribution in [0.25, 0.3) is 22.1 Å². The average molecular weight is 611 g/mol. The van der Waals surface area contributed by atoms with Crippen LogP contribution in [-0.4, -0.2) is 55.6 Å². The van der Waals surface area contributed by atoms with Gasteiger partial charge in [0.25, 0.3) is 5.91 Å². The third-order valence-corrected chi connectivity index (χ3v) is 6.31. The van der Waals surface area contributed by atoms with Crippen molar-refractivity contribution in [2.75, 3.05) is 36.8 Å². The number of aromatic nitrogens is 1. The Hall–Kier alpha value is -6.11. The lowest BCUT2D eigenvalue weighted by atomic mass is 9.95. The number of methoxy groups -OCH3 is 2. The van der Waals surface area contributed by atoms with Crippen molar-refractivity contribution in [3.05, 3.63) is 70.9 Å². The molecule has 0 atom stereocenters. The Kier molecular flexibility index (Phi) is 8.42. The van der Waals surface area contributed by atoms with Crippen molar-refractivity contribution in [2.45, 2.75) is 6.18 Å². The van der Waals surface area contributed by atoms with Gasteiger partial charge >= 0.3 is 24.3 Å². The predicted molar refractivity (Wildman–Crippen MR) is 147 cm³/mol. The SMILES string of the molecule is COC(=O)Nc1cc2onc(C(=O)Nc3ccc(C#N)cc3C(=O)O)c2cc1-c1ccc(N(C)C(=O)OC)cc1C(F)(F)F. The van der Waals surface area contributed by atoms with Crippen molar-refractivity contribution in [1.82, 2.24) is 5.16 Å².